The normalized spacial score (nSPS) is 27.7. The van der Waals surface area contributed by atoms with Gasteiger partial charge in [-0.15, -0.1) is 13.2 Å². The molecule has 2 rings (SSSR count). The van der Waals surface area contributed by atoms with Crippen LogP contribution in [0.4, 0.5) is 0 Å². The van der Waals surface area contributed by atoms with Crippen LogP contribution in [0.2, 0.25) is 0 Å². The van der Waals surface area contributed by atoms with Crippen LogP contribution in [0.1, 0.15) is 19.3 Å². The Kier molecular flexibility index (Phi) is 2.14. The molecule has 0 radical (unpaired) electrons. The van der Waals surface area contributed by atoms with Gasteiger partial charge in [0, 0.05) is 6.54 Å². The van der Waals surface area contributed by atoms with E-state index in [0.29, 0.717) is 0 Å². The zero-order valence-electron chi connectivity index (χ0n) is 6.90. The molecule has 0 aromatic carbocycles. The fourth-order valence-electron chi connectivity index (χ4n) is 1.74. The van der Waals surface area contributed by atoms with Gasteiger partial charge in [-0.3, -0.25) is 0 Å². The van der Waals surface area contributed by atoms with Gasteiger partial charge < -0.3 is 4.90 Å². The van der Waals surface area contributed by atoms with E-state index in [-0.39, 0.29) is 0 Å². The highest BCUT2D eigenvalue weighted by Gasteiger charge is 2.46. The smallest absolute Gasteiger partial charge is 0.00354 e. The Morgan fingerprint density at radius 3 is 2.00 bits per heavy atom. The molecule has 0 bridgehead atoms. The Morgan fingerprint density at radius 2 is 1.80 bits per heavy atom. The summed E-state index contributed by atoms with van der Waals surface area (Å²) in [5.74, 6) is 0. The van der Waals surface area contributed by atoms with Crippen molar-refractivity contribution in [2.45, 2.75) is 19.3 Å². The first-order chi connectivity index (χ1) is 4.81. The summed E-state index contributed by atoms with van der Waals surface area (Å²) in [5, 5.41) is 0. The van der Waals surface area contributed by atoms with Gasteiger partial charge in [-0.1, -0.05) is 0 Å². The Labute approximate surface area is 63.7 Å². The number of rotatable bonds is 0. The molecule has 0 amide bonds. The second-order valence-corrected chi connectivity index (χ2v) is 3.49. The Hall–Kier alpha value is -0.300. The molecule has 1 saturated carbocycles. The summed E-state index contributed by atoms with van der Waals surface area (Å²) in [5.41, 5.74) is 0.842. The molecule has 1 heteroatoms. The molecule has 0 aromatic heterocycles. The fraction of sp³-hybridized carbons (Fsp3) is 0.778. The Balaban J connectivity index is 0.000000231. The molecular formula is C9H17N. The van der Waals surface area contributed by atoms with Gasteiger partial charge in [0.25, 0.3) is 0 Å². The molecule has 0 aromatic rings. The largest absolute Gasteiger partial charge is 0.306 e. The minimum atomic E-state index is 0.842. The van der Waals surface area contributed by atoms with E-state index in [1.165, 1.54) is 32.4 Å². The van der Waals surface area contributed by atoms with Crippen LogP contribution in [-0.4, -0.2) is 25.0 Å². The van der Waals surface area contributed by atoms with E-state index in [2.05, 4.69) is 25.1 Å². The highest BCUT2D eigenvalue weighted by atomic mass is 15.1. The van der Waals surface area contributed by atoms with E-state index in [0.717, 1.165) is 5.41 Å². The summed E-state index contributed by atoms with van der Waals surface area (Å²) in [6.07, 6.45) is 4.50. The predicted molar refractivity (Wildman–Crippen MR) is 45.0 cm³/mol. The number of likely N-dealkylation sites (tertiary alicyclic amines) is 1. The van der Waals surface area contributed by atoms with E-state index in [1.54, 1.807) is 0 Å². The molecule has 1 spiro atoms. The van der Waals surface area contributed by atoms with Crippen molar-refractivity contribution in [3.05, 3.63) is 13.2 Å². The maximum atomic E-state index is 3.00. The van der Waals surface area contributed by atoms with Crippen molar-refractivity contribution in [2.24, 2.45) is 5.41 Å². The summed E-state index contributed by atoms with van der Waals surface area (Å²) < 4.78 is 0. The average Bonchev–Trinajstić information content (AvgIpc) is 2.60. The van der Waals surface area contributed by atoms with E-state index in [9.17, 15) is 0 Å². The summed E-state index contributed by atoms with van der Waals surface area (Å²) in [4.78, 5) is 2.45. The van der Waals surface area contributed by atoms with Gasteiger partial charge in [-0.2, -0.15) is 0 Å². The zero-order chi connectivity index (χ0) is 7.61. The van der Waals surface area contributed by atoms with Crippen LogP contribution in [0.15, 0.2) is 13.2 Å². The van der Waals surface area contributed by atoms with Crippen molar-refractivity contribution in [3.8, 4) is 0 Å². The zero-order valence-corrected chi connectivity index (χ0v) is 6.90. The van der Waals surface area contributed by atoms with Crippen molar-refractivity contribution in [3.63, 3.8) is 0 Å². The van der Waals surface area contributed by atoms with Gasteiger partial charge in [0.05, 0.1) is 0 Å². The molecule has 0 unspecified atom stereocenters. The summed E-state index contributed by atoms with van der Waals surface area (Å²) >= 11 is 0. The number of hydrogen-bond acceptors (Lipinski definition) is 1. The minimum Gasteiger partial charge on any atom is -0.306 e. The minimum absolute atomic E-state index is 0.842. The summed E-state index contributed by atoms with van der Waals surface area (Å²) in [6.45, 7) is 8.73. The number of hydrogen-bond donors (Lipinski definition) is 0. The van der Waals surface area contributed by atoms with Gasteiger partial charge >= 0.3 is 0 Å². The molecule has 0 N–H and O–H groups in total. The number of nitrogens with zero attached hydrogens (tertiary/aromatic N) is 1. The van der Waals surface area contributed by atoms with Gasteiger partial charge in [0.1, 0.15) is 0 Å². The van der Waals surface area contributed by atoms with Crippen molar-refractivity contribution >= 4 is 0 Å². The molecule has 1 nitrogen and oxygen atoms in total. The Morgan fingerprint density at radius 1 is 1.20 bits per heavy atom. The quantitative estimate of drug-likeness (QED) is 0.463. The van der Waals surface area contributed by atoms with E-state index in [1.807, 2.05) is 0 Å². The highest BCUT2D eigenvalue weighted by molar-refractivity contribution is 4.99. The highest BCUT2D eigenvalue weighted by Crippen LogP contribution is 2.52. The van der Waals surface area contributed by atoms with E-state index < -0.39 is 0 Å². The first kappa shape index (κ1) is 7.80. The molecule has 10 heavy (non-hydrogen) atoms. The molecule has 0 atom stereocenters. The van der Waals surface area contributed by atoms with Gasteiger partial charge in [-0.05, 0) is 38.3 Å². The van der Waals surface area contributed by atoms with Gasteiger partial charge in [-0.25, -0.2) is 0 Å². The molecule has 1 aliphatic heterocycles. The SMILES string of the molecule is C=C.CN1CCC2(CC2)C1. The molecular weight excluding hydrogens is 122 g/mol. The van der Waals surface area contributed by atoms with Crippen LogP contribution in [-0.2, 0) is 0 Å². The molecule has 1 aliphatic carbocycles. The van der Waals surface area contributed by atoms with Crippen LogP contribution in [0.3, 0.4) is 0 Å². The standard InChI is InChI=1S/C7H13N.C2H4/c1-8-5-4-7(6-8)2-3-7;1-2/h2-6H2,1H3;1-2H2. The average molecular weight is 139 g/mol. The molecule has 1 saturated heterocycles. The lowest BCUT2D eigenvalue weighted by Crippen LogP contribution is -2.14. The van der Waals surface area contributed by atoms with Crippen molar-refractivity contribution < 1.29 is 0 Å². The van der Waals surface area contributed by atoms with Gasteiger partial charge in [0.2, 0.25) is 0 Å². The predicted octanol–water partition coefficient (Wildman–Crippen LogP) is 1.90. The maximum Gasteiger partial charge on any atom is 0.00354 e. The summed E-state index contributed by atoms with van der Waals surface area (Å²) in [6, 6.07) is 0. The first-order valence-electron chi connectivity index (χ1n) is 3.99. The lowest BCUT2D eigenvalue weighted by Gasteiger charge is -2.05. The maximum absolute atomic E-state index is 3.00. The lowest BCUT2D eigenvalue weighted by atomic mass is 10.1. The molecule has 1 heterocycles. The second kappa shape index (κ2) is 2.75. The van der Waals surface area contributed by atoms with Crippen molar-refractivity contribution in [2.75, 3.05) is 20.1 Å². The second-order valence-electron chi connectivity index (χ2n) is 3.49. The third kappa shape index (κ3) is 1.40. The molecule has 58 valence electrons. The fourth-order valence-corrected chi connectivity index (χ4v) is 1.74. The van der Waals surface area contributed by atoms with Crippen molar-refractivity contribution in [1.29, 1.82) is 0 Å². The van der Waals surface area contributed by atoms with Crippen LogP contribution in [0, 0.1) is 5.41 Å². The third-order valence-corrected chi connectivity index (χ3v) is 2.59. The van der Waals surface area contributed by atoms with Crippen molar-refractivity contribution in [1.82, 2.24) is 4.90 Å². The molecule has 2 aliphatic rings. The van der Waals surface area contributed by atoms with Gasteiger partial charge in [0.15, 0.2) is 0 Å². The summed E-state index contributed by atoms with van der Waals surface area (Å²) in [7, 11) is 2.23. The lowest BCUT2D eigenvalue weighted by molar-refractivity contribution is 0.389. The third-order valence-electron chi connectivity index (χ3n) is 2.59. The molecule has 2 fully saturated rings. The topological polar surface area (TPSA) is 3.24 Å². The van der Waals surface area contributed by atoms with Crippen LogP contribution < -0.4 is 0 Å². The van der Waals surface area contributed by atoms with Crippen LogP contribution >= 0.6 is 0 Å². The van der Waals surface area contributed by atoms with Crippen LogP contribution in [0.25, 0.3) is 0 Å². The van der Waals surface area contributed by atoms with Crippen LogP contribution in [0.5, 0.6) is 0 Å². The van der Waals surface area contributed by atoms with E-state index >= 15 is 0 Å². The Bertz CT molecular complexity index is 116. The monoisotopic (exact) mass is 139 g/mol. The van der Waals surface area contributed by atoms with E-state index in [4.69, 9.17) is 0 Å². The first-order valence-corrected chi connectivity index (χ1v) is 3.99.